The van der Waals surface area contributed by atoms with Crippen molar-refractivity contribution in [2.75, 3.05) is 112 Å². The number of nitrogens with zero attached hydrogens (tertiary/aromatic N) is 1. The molecule has 1 aliphatic carbocycles. The zero-order valence-corrected chi connectivity index (χ0v) is 44.2. The Morgan fingerprint density at radius 2 is 1.33 bits per heavy atom. The molecule has 1 N–H and O–H groups in total. The van der Waals surface area contributed by atoms with Crippen LogP contribution in [0.25, 0.3) is 28.0 Å². The molecule has 1 fully saturated rings. The molecular weight excluding hydrogens is 955 g/mol. The average Bonchev–Trinajstić information content (AvgIpc) is 3.74. The number of carbonyl (C=O) groups excluding carboxylic acids is 1. The van der Waals surface area contributed by atoms with Gasteiger partial charge in [0.25, 0.3) is 0 Å². The van der Waals surface area contributed by atoms with Crippen LogP contribution in [0.4, 0.5) is 5.69 Å². The molecule has 3 aliphatic rings. The van der Waals surface area contributed by atoms with Gasteiger partial charge in [-0.1, -0.05) is 98.8 Å². The summed E-state index contributed by atoms with van der Waals surface area (Å²) in [6.07, 6.45) is 6.15. The fourth-order valence-corrected chi connectivity index (χ4v) is 10.6. The second-order valence-electron chi connectivity index (χ2n) is 19.8. The number of methoxy groups -OCH3 is 2. The van der Waals surface area contributed by atoms with E-state index < -0.39 is 17.6 Å². The maximum Gasteiger partial charge on any atom is 0.326 e. The number of rotatable bonds is 29. The fraction of sp³-hybridized carbons (Fsp3) is 0.443. The van der Waals surface area contributed by atoms with Crippen molar-refractivity contribution in [3.8, 4) is 28.4 Å². The number of esters is 1. The Morgan fingerprint density at radius 3 is 1.95 bits per heavy atom. The summed E-state index contributed by atoms with van der Waals surface area (Å²) >= 11 is 0. The molecule has 5 aromatic rings. The van der Waals surface area contributed by atoms with Gasteiger partial charge in [-0.05, 0) is 90.1 Å². The van der Waals surface area contributed by atoms with Gasteiger partial charge < -0.3 is 57.4 Å². The quantitative estimate of drug-likeness (QED) is 0.0275. The van der Waals surface area contributed by atoms with E-state index in [9.17, 15) is 14.7 Å². The minimum absolute atomic E-state index is 0.00178. The topological polar surface area (TPSA) is 150 Å². The van der Waals surface area contributed by atoms with Crippen molar-refractivity contribution in [1.82, 2.24) is 0 Å². The maximum atomic E-state index is 13.3. The van der Waals surface area contributed by atoms with Gasteiger partial charge in [0.1, 0.15) is 29.9 Å². The van der Waals surface area contributed by atoms with Gasteiger partial charge in [-0.2, -0.15) is 0 Å². The van der Waals surface area contributed by atoms with Gasteiger partial charge in [-0.25, -0.2) is 4.79 Å². The highest BCUT2D eigenvalue weighted by Crippen LogP contribution is 2.59. The highest BCUT2D eigenvalue weighted by atomic mass is 16.6. The van der Waals surface area contributed by atoms with Crippen molar-refractivity contribution in [1.29, 1.82) is 0 Å². The third-order valence-corrected chi connectivity index (χ3v) is 14.3. The van der Waals surface area contributed by atoms with Gasteiger partial charge in [0.2, 0.25) is 0 Å². The van der Waals surface area contributed by atoms with E-state index >= 15 is 0 Å². The predicted molar refractivity (Wildman–Crippen MR) is 289 cm³/mol. The number of carboxylic acids is 1. The third-order valence-electron chi connectivity index (χ3n) is 14.3. The van der Waals surface area contributed by atoms with E-state index in [2.05, 4.69) is 75.0 Å². The van der Waals surface area contributed by atoms with Gasteiger partial charge in [0.05, 0.1) is 99.2 Å². The standard InChI is InChI=1S/C61H73NO13/c1-42(2)41-73-35-34-71-31-30-69-27-26-68-28-29-70-32-33-72-36-37-74-55(63)21-16-43-23-25-62(53(38-43)59(64)65)52-39-49-50(40-54(52)67-6)58-48(57-56(49)47-14-10-11-15-51(47)60(57,3)4)22-24-61(75-58,44-12-8-7-9-13-44)45-17-19-46(66-5)20-18-45/h7-15,17-20,22,24,39-40,43,53H,1,16,21,23,25-38,41H2,2-6H3,(H,64,65). The number of anilines is 1. The monoisotopic (exact) mass is 1030 g/mol. The summed E-state index contributed by atoms with van der Waals surface area (Å²) in [5.74, 6) is 0.758. The number of ether oxygens (including phenoxy) is 10. The predicted octanol–water partition coefficient (Wildman–Crippen LogP) is 10.2. The Bertz CT molecular complexity index is 2760. The van der Waals surface area contributed by atoms with Crippen LogP contribution in [-0.2, 0) is 53.8 Å². The summed E-state index contributed by atoms with van der Waals surface area (Å²) in [5, 5.41) is 12.7. The Kier molecular flexibility index (Phi) is 19.1. The largest absolute Gasteiger partial charge is 0.497 e. The Labute approximate surface area is 441 Å². The first-order valence-electron chi connectivity index (χ1n) is 26.1. The molecule has 0 aromatic heterocycles. The molecule has 0 saturated carbocycles. The molecule has 0 spiro atoms. The molecule has 75 heavy (non-hydrogen) atoms. The summed E-state index contributed by atoms with van der Waals surface area (Å²) in [7, 11) is 3.29. The van der Waals surface area contributed by atoms with Crippen molar-refractivity contribution in [2.45, 2.75) is 63.5 Å². The van der Waals surface area contributed by atoms with E-state index in [0.29, 0.717) is 110 Å². The van der Waals surface area contributed by atoms with Crippen LogP contribution in [0.1, 0.15) is 74.3 Å². The average molecular weight is 1030 g/mol. The lowest BCUT2D eigenvalue weighted by atomic mass is 9.76. The summed E-state index contributed by atoms with van der Waals surface area (Å²) < 4.78 is 57.8. The third kappa shape index (κ3) is 12.9. The molecule has 1 saturated heterocycles. The summed E-state index contributed by atoms with van der Waals surface area (Å²) in [6.45, 7) is 16.2. The number of carboxylic acid groups (broad SMARTS) is 1. The first-order valence-corrected chi connectivity index (χ1v) is 26.1. The van der Waals surface area contributed by atoms with E-state index in [-0.39, 0.29) is 36.9 Å². The number of aliphatic carboxylic acids is 1. The van der Waals surface area contributed by atoms with Crippen LogP contribution in [0.3, 0.4) is 0 Å². The van der Waals surface area contributed by atoms with Crippen LogP contribution < -0.4 is 19.1 Å². The maximum absolute atomic E-state index is 13.3. The van der Waals surface area contributed by atoms with Gasteiger partial charge in [0.15, 0.2) is 5.60 Å². The Hall–Kier alpha value is -6.26. The molecular formula is C61H73NO13. The van der Waals surface area contributed by atoms with Crippen LogP contribution >= 0.6 is 0 Å². The lowest BCUT2D eigenvalue weighted by molar-refractivity contribution is -0.145. The normalized spacial score (nSPS) is 18.2. The molecule has 14 heteroatoms. The first kappa shape index (κ1) is 55.0. The number of hydrogen-bond acceptors (Lipinski definition) is 13. The number of fused-ring (bicyclic) bond motifs is 8. The van der Waals surface area contributed by atoms with E-state index in [1.54, 1.807) is 14.2 Å². The van der Waals surface area contributed by atoms with Gasteiger partial charge in [-0.3, -0.25) is 4.79 Å². The summed E-state index contributed by atoms with van der Waals surface area (Å²) in [5.41, 5.74) is 7.83. The molecule has 2 aliphatic heterocycles. The molecule has 5 aromatic carbocycles. The molecule has 14 nitrogen and oxygen atoms in total. The SMILES string of the molecule is C=C(C)COCCOCCOCCOCCOCCOCCOC(=O)CCC1CCN(c2cc3c4c(c5c(c3cc2OC)OC(c2ccccc2)(c2ccc(OC)cc2)C=C5)C(C)(C)c2ccccc2-4)C(C(=O)O)C1. The molecule has 400 valence electrons. The minimum atomic E-state index is -0.984. The van der Waals surface area contributed by atoms with Crippen molar-refractivity contribution >= 4 is 34.5 Å². The van der Waals surface area contributed by atoms with E-state index in [1.165, 1.54) is 5.56 Å². The first-order chi connectivity index (χ1) is 36.5. The highest BCUT2D eigenvalue weighted by Gasteiger charge is 2.45. The second kappa shape index (κ2) is 26.0. The van der Waals surface area contributed by atoms with Crippen LogP contribution in [0.15, 0.2) is 109 Å². The van der Waals surface area contributed by atoms with Crippen molar-refractivity contribution < 1.29 is 62.1 Å². The summed E-state index contributed by atoms with van der Waals surface area (Å²) in [6, 6.07) is 30.1. The van der Waals surface area contributed by atoms with Gasteiger partial charge in [0, 0.05) is 40.5 Å². The molecule has 0 radical (unpaired) electrons. The van der Waals surface area contributed by atoms with Crippen molar-refractivity contribution in [3.05, 3.63) is 137 Å². The van der Waals surface area contributed by atoms with Crippen LogP contribution in [0.5, 0.6) is 17.2 Å². The highest BCUT2D eigenvalue weighted by molar-refractivity contribution is 6.10. The Morgan fingerprint density at radius 1 is 0.733 bits per heavy atom. The van der Waals surface area contributed by atoms with Crippen molar-refractivity contribution in [3.63, 3.8) is 0 Å². The molecule has 2 heterocycles. The van der Waals surface area contributed by atoms with E-state index in [1.807, 2.05) is 60.4 Å². The zero-order valence-electron chi connectivity index (χ0n) is 44.2. The number of benzene rings is 5. The van der Waals surface area contributed by atoms with Crippen LogP contribution in [-0.4, -0.2) is 130 Å². The fourth-order valence-electron chi connectivity index (χ4n) is 10.6. The molecule has 8 rings (SSSR count). The Balaban J connectivity index is 0.872. The minimum Gasteiger partial charge on any atom is -0.497 e. The molecule has 3 unspecified atom stereocenters. The smallest absolute Gasteiger partial charge is 0.326 e. The lowest BCUT2D eigenvalue weighted by Gasteiger charge is -2.40. The van der Waals surface area contributed by atoms with E-state index in [0.717, 1.165) is 61.2 Å². The zero-order chi connectivity index (χ0) is 52.8. The van der Waals surface area contributed by atoms with Crippen molar-refractivity contribution in [2.24, 2.45) is 5.92 Å². The second-order valence-corrected chi connectivity index (χ2v) is 19.8. The van der Waals surface area contributed by atoms with Crippen LogP contribution in [0.2, 0.25) is 0 Å². The number of carbonyl (C=O) groups is 2. The lowest BCUT2D eigenvalue weighted by Crippen LogP contribution is -2.47. The van der Waals surface area contributed by atoms with E-state index in [4.69, 9.17) is 47.4 Å². The van der Waals surface area contributed by atoms with Crippen LogP contribution in [0, 0.1) is 5.92 Å². The molecule has 0 amide bonds. The van der Waals surface area contributed by atoms with Gasteiger partial charge >= 0.3 is 11.9 Å². The molecule has 3 atom stereocenters. The number of piperidine rings is 1. The summed E-state index contributed by atoms with van der Waals surface area (Å²) in [4.78, 5) is 28.1. The number of hydrogen-bond donors (Lipinski definition) is 1. The van der Waals surface area contributed by atoms with Gasteiger partial charge in [-0.15, -0.1) is 0 Å². The molecule has 0 bridgehead atoms.